The SMILES string of the molecule is CCOCc1cc(Cl)cc2sc3ccccc3c(=O)c12. The van der Waals surface area contributed by atoms with Crippen LogP contribution >= 0.6 is 22.9 Å². The molecule has 0 aliphatic rings. The lowest BCUT2D eigenvalue weighted by Crippen LogP contribution is -2.05. The summed E-state index contributed by atoms with van der Waals surface area (Å²) in [6, 6.07) is 11.3. The van der Waals surface area contributed by atoms with Gasteiger partial charge in [0.05, 0.1) is 6.61 Å². The van der Waals surface area contributed by atoms with Crippen LogP contribution in [0.3, 0.4) is 0 Å². The van der Waals surface area contributed by atoms with E-state index in [1.54, 1.807) is 11.3 Å². The highest BCUT2D eigenvalue weighted by molar-refractivity contribution is 7.24. The number of hydrogen-bond acceptors (Lipinski definition) is 3. The van der Waals surface area contributed by atoms with Crippen molar-refractivity contribution in [1.29, 1.82) is 0 Å². The fraction of sp³-hybridized carbons (Fsp3) is 0.188. The molecule has 0 fully saturated rings. The van der Waals surface area contributed by atoms with Gasteiger partial charge in [0.1, 0.15) is 0 Å². The summed E-state index contributed by atoms with van der Waals surface area (Å²) in [5, 5.41) is 2.12. The molecule has 1 heterocycles. The van der Waals surface area contributed by atoms with Crippen LogP contribution in [-0.4, -0.2) is 6.61 Å². The smallest absolute Gasteiger partial charge is 0.196 e. The van der Waals surface area contributed by atoms with Crippen LogP contribution in [0.5, 0.6) is 0 Å². The van der Waals surface area contributed by atoms with E-state index in [2.05, 4.69) is 0 Å². The number of fused-ring (bicyclic) bond motifs is 2. The Balaban J connectivity index is 2.39. The lowest BCUT2D eigenvalue weighted by atomic mass is 10.1. The fourth-order valence-corrected chi connectivity index (χ4v) is 3.77. The molecular formula is C16H13ClO2S. The Morgan fingerprint density at radius 2 is 2.00 bits per heavy atom. The third kappa shape index (κ3) is 2.33. The highest BCUT2D eigenvalue weighted by Gasteiger charge is 2.11. The number of halogens is 1. The summed E-state index contributed by atoms with van der Waals surface area (Å²) in [5.41, 5.74) is 0.919. The molecule has 4 heteroatoms. The molecule has 1 aromatic heterocycles. The molecule has 0 N–H and O–H groups in total. The van der Waals surface area contributed by atoms with E-state index in [-0.39, 0.29) is 5.43 Å². The molecule has 3 aromatic rings. The zero-order valence-electron chi connectivity index (χ0n) is 11.0. The van der Waals surface area contributed by atoms with Gasteiger partial charge < -0.3 is 4.74 Å². The Morgan fingerprint density at radius 3 is 2.80 bits per heavy atom. The maximum absolute atomic E-state index is 12.7. The molecular weight excluding hydrogens is 292 g/mol. The van der Waals surface area contributed by atoms with Gasteiger partial charge in [-0.3, -0.25) is 4.79 Å². The van der Waals surface area contributed by atoms with Gasteiger partial charge in [-0.05, 0) is 36.8 Å². The molecule has 2 aromatic carbocycles. The normalized spacial score (nSPS) is 11.3. The first-order valence-corrected chi connectivity index (χ1v) is 7.62. The van der Waals surface area contributed by atoms with Crippen LogP contribution in [0.2, 0.25) is 5.02 Å². The van der Waals surface area contributed by atoms with E-state index in [0.29, 0.717) is 18.2 Å². The van der Waals surface area contributed by atoms with Crippen LogP contribution in [0.1, 0.15) is 12.5 Å². The monoisotopic (exact) mass is 304 g/mol. The summed E-state index contributed by atoms with van der Waals surface area (Å²) in [6.45, 7) is 2.95. The second kappa shape index (κ2) is 5.52. The molecule has 0 radical (unpaired) electrons. The summed E-state index contributed by atoms with van der Waals surface area (Å²) >= 11 is 7.74. The Bertz CT molecular complexity index is 839. The first-order chi connectivity index (χ1) is 9.70. The summed E-state index contributed by atoms with van der Waals surface area (Å²) in [6.07, 6.45) is 0. The molecule has 0 saturated carbocycles. The number of benzene rings is 2. The average Bonchev–Trinajstić information content (AvgIpc) is 2.44. The molecule has 0 aliphatic heterocycles. The van der Waals surface area contributed by atoms with Gasteiger partial charge in [-0.25, -0.2) is 0 Å². The fourth-order valence-electron chi connectivity index (χ4n) is 2.30. The standard InChI is InChI=1S/C16H13ClO2S/c1-2-19-9-10-7-11(17)8-14-15(10)16(18)12-5-3-4-6-13(12)20-14/h3-8H,2,9H2,1H3. The number of hydrogen-bond donors (Lipinski definition) is 0. The molecule has 0 saturated heterocycles. The Morgan fingerprint density at radius 1 is 1.20 bits per heavy atom. The van der Waals surface area contributed by atoms with Crippen molar-refractivity contribution < 1.29 is 4.74 Å². The summed E-state index contributed by atoms with van der Waals surface area (Å²) in [5.74, 6) is 0. The Labute approximate surface area is 125 Å². The molecule has 102 valence electrons. The minimum atomic E-state index is 0.0562. The highest BCUT2D eigenvalue weighted by atomic mass is 35.5. The van der Waals surface area contributed by atoms with Crippen molar-refractivity contribution in [3.8, 4) is 0 Å². The molecule has 0 bridgehead atoms. The van der Waals surface area contributed by atoms with Gasteiger partial charge in [-0.15, -0.1) is 11.3 Å². The van der Waals surface area contributed by atoms with E-state index < -0.39 is 0 Å². The van der Waals surface area contributed by atoms with Gasteiger partial charge in [-0.2, -0.15) is 0 Å². The van der Waals surface area contributed by atoms with Crippen molar-refractivity contribution in [2.45, 2.75) is 13.5 Å². The Hall–Kier alpha value is -1.42. The molecule has 0 amide bonds. The van der Waals surface area contributed by atoms with Gasteiger partial charge in [0.15, 0.2) is 5.43 Å². The van der Waals surface area contributed by atoms with Gasteiger partial charge in [-0.1, -0.05) is 23.7 Å². The van der Waals surface area contributed by atoms with Gasteiger partial charge in [0.2, 0.25) is 0 Å². The molecule has 20 heavy (non-hydrogen) atoms. The van der Waals surface area contributed by atoms with E-state index in [4.69, 9.17) is 16.3 Å². The topological polar surface area (TPSA) is 26.3 Å². The maximum Gasteiger partial charge on any atom is 0.196 e. The maximum atomic E-state index is 12.7. The number of ether oxygens (including phenoxy) is 1. The van der Waals surface area contributed by atoms with Crippen molar-refractivity contribution in [2.75, 3.05) is 6.61 Å². The largest absolute Gasteiger partial charge is 0.377 e. The first-order valence-electron chi connectivity index (χ1n) is 6.42. The number of rotatable bonds is 3. The third-order valence-corrected chi connectivity index (χ3v) is 4.52. The molecule has 0 atom stereocenters. The quantitative estimate of drug-likeness (QED) is 0.661. The average molecular weight is 305 g/mol. The summed E-state index contributed by atoms with van der Waals surface area (Å²) < 4.78 is 7.35. The zero-order valence-corrected chi connectivity index (χ0v) is 12.6. The molecule has 0 spiro atoms. The summed E-state index contributed by atoms with van der Waals surface area (Å²) in [7, 11) is 0. The minimum absolute atomic E-state index is 0.0562. The predicted octanol–water partition coefficient (Wildman–Crippen LogP) is 4.60. The van der Waals surface area contributed by atoms with Crippen LogP contribution in [-0.2, 0) is 11.3 Å². The van der Waals surface area contributed by atoms with Crippen molar-refractivity contribution in [1.82, 2.24) is 0 Å². The van der Waals surface area contributed by atoms with Gasteiger partial charge in [0, 0.05) is 31.8 Å². The van der Waals surface area contributed by atoms with Crippen molar-refractivity contribution in [3.05, 3.63) is 57.2 Å². The van der Waals surface area contributed by atoms with Crippen LogP contribution in [0, 0.1) is 0 Å². The predicted molar refractivity (Wildman–Crippen MR) is 85.9 cm³/mol. The molecule has 2 nitrogen and oxygen atoms in total. The highest BCUT2D eigenvalue weighted by Crippen LogP contribution is 2.29. The minimum Gasteiger partial charge on any atom is -0.377 e. The lowest BCUT2D eigenvalue weighted by Gasteiger charge is -2.08. The third-order valence-electron chi connectivity index (χ3n) is 3.19. The van der Waals surface area contributed by atoms with E-state index in [1.165, 1.54) is 0 Å². The van der Waals surface area contributed by atoms with Crippen molar-refractivity contribution in [3.63, 3.8) is 0 Å². The second-order valence-electron chi connectivity index (χ2n) is 4.50. The lowest BCUT2D eigenvalue weighted by molar-refractivity contribution is 0.135. The molecule has 0 unspecified atom stereocenters. The molecule has 3 rings (SSSR count). The van der Waals surface area contributed by atoms with Crippen LogP contribution in [0.4, 0.5) is 0 Å². The van der Waals surface area contributed by atoms with E-state index >= 15 is 0 Å². The Kier molecular flexibility index (Phi) is 3.74. The van der Waals surface area contributed by atoms with Gasteiger partial charge in [0.25, 0.3) is 0 Å². The van der Waals surface area contributed by atoms with Crippen LogP contribution < -0.4 is 5.43 Å². The first kappa shape index (κ1) is 13.6. The van der Waals surface area contributed by atoms with Crippen LogP contribution in [0.25, 0.3) is 20.2 Å². The van der Waals surface area contributed by atoms with Crippen LogP contribution in [0.15, 0.2) is 41.2 Å². The van der Waals surface area contributed by atoms with Gasteiger partial charge >= 0.3 is 0 Å². The zero-order chi connectivity index (χ0) is 14.1. The summed E-state index contributed by atoms with van der Waals surface area (Å²) in [4.78, 5) is 12.7. The van der Waals surface area contributed by atoms with E-state index in [1.807, 2.05) is 43.3 Å². The van der Waals surface area contributed by atoms with Crippen molar-refractivity contribution in [2.24, 2.45) is 0 Å². The van der Waals surface area contributed by atoms with E-state index in [0.717, 1.165) is 25.7 Å². The van der Waals surface area contributed by atoms with E-state index in [9.17, 15) is 4.79 Å². The van der Waals surface area contributed by atoms with Crippen molar-refractivity contribution >= 4 is 43.1 Å². The second-order valence-corrected chi connectivity index (χ2v) is 6.02. The molecule has 0 aliphatic carbocycles.